The van der Waals surface area contributed by atoms with E-state index in [1.807, 2.05) is 24.3 Å². The van der Waals surface area contributed by atoms with Gasteiger partial charge in [0, 0.05) is 22.1 Å². The van der Waals surface area contributed by atoms with Crippen LogP contribution in [0.15, 0.2) is 76.2 Å². The van der Waals surface area contributed by atoms with Crippen molar-refractivity contribution < 1.29 is 19.5 Å². The van der Waals surface area contributed by atoms with Gasteiger partial charge < -0.3 is 9.67 Å². The summed E-state index contributed by atoms with van der Waals surface area (Å²) in [5, 5.41) is 8.90. The maximum Gasteiger partial charge on any atom is 0.335 e. The summed E-state index contributed by atoms with van der Waals surface area (Å²) in [5.74, 6) is -1.36. The van der Waals surface area contributed by atoms with Gasteiger partial charge in [0.2, 0.25) is 0 Å². The van der Waals surface area contributed by atoms with Crippen LogP contribution in [-0.2, 0) is 11.3 Å². The molecule has 0 bridgehead atoms. The molecule has 30 heavy (non-hydrogen) atoms. The Balaban J connectivity index is 1.60. The van der Waals surface area contributed by atoms with E-state index in [0.717, 1.165) is 21.8 Å². The number of aromatic carboxylic acids is 1. The van der Waals surface area contributed by atoms with Crippen LogP contribution in [0.2, 0.25) is 0 Å². The van der Waals surface area contributed by atoms with E-state index in [4.69, 9.17) is 0 Å². The Bertz CT molecular complexity index is 1180. The highest BCUT2D eigenvalue weighted by Crippen LogP contribution is 2.34. The van der Waals surface area contributed by atoms with Crippen molar-refractivity contribution in [3.05, 3.63) is 93.1 Å². The highest BCUT2D eigenvalue weighted by atomic mass is 79.9. The standard InChI is InChI=1S/C22H15BrN2O4S/c23-16-8-6-14(7-9-16)13-25-20(26)19(30-22(25)29)12-18-5-2-10-24(18)17-4-1-3-15(11-17)21(27)28/h1-12H,13H2,(H,27,28)/b19-12-. The van der Waals surface area contributed by atoms with Crippen molar-refractivity contribution in [2.24, 2.45) is 0 Å². The first-order valence-corrected chi connectivity index (χ1v) is 10.5. The molecule has 1 aliphatic heterocycles. The number of halogens is 1. The Hall–Kier alpha value is -3.10. The number of carbonyl (C=O) groups is 3. The van der Waals surface area contributed by atoms with E-state index < -0.39 is 5.97 Å². The molecule has 2 heterocycles. The number of amides is 2. The summed E-state index contributed by atoms with van der Waals surface area (Å²) in [6.07, 6.45) is 3.43. The van der Waals surface area contributed by atoms with Gasteiger partial charge in [-0.05, 0) is 65.9 Å². The molecule has 8 heteroatoms. The molecule has 0 unspecified atom stereocenters. The van der Waals surface area contributed by atoms with Crippen LogP contribution >= 0.6 is 27.7 Å². The SMILES string of the molecule is O=C(O)c1cccc(-n2cccc2/C=C2\SC(=O)N(Cc3ccc(Br)cc3)C2=O)c1. The van der Waals surface area contributed by atoms with Crippen molar-refractivity contribution in [3.63, 3.8) is 0 Å². The van der Waals surface area contributed by atoms with Crippen LogP contribution in [0.3, 0.4) is 0 Å². The van der Waals surface area contributed by atoms with E-state index in [1.54, 1.807) is 47.2 Å². The van der Waals surface area contributed by atoms with Gasteiger partial charge in [-0.3, -0.25) is 14.5 Å². The molecule has 0 saturated carbocycles. The number of imide groups is 1. The molecule has 1 N–H and O–H groups in total. The summed E-state index contributed by atoms with van der Waals surface area (Å²) >= 11 is 4.26. The van der Waals surface area contributed by atoms with E-state index in [1.165, 1.54) is 11.0 Å². The van der Waals surface area contributed by atoms with E-state index in [0.29, 0.717) is 16.3 Å². The van der Waals surface area contributed by atoms with Crippen molar-refractivity contribution in [2.45, 2.75) is 6.54 Å². The summed E-state index contributed by atoms with van der Waals surface area (Å²) in [7, 11) is 0. The van der Waals surface area contributed by atoms with Gasteiger partial charge in [-0.2, -0.15) is 0 Å². The molecule has 1 saturated heterocycles. The second-order valence-electron chi connectivity index (χ2n) is 6.55. The van der Waals surface area contributed by atoms with Crippen LogP contribution in [0.5, 0.6) is 0 Å². The molecule has 6 nitrogen and oxygen atoms in total. The minimum absolute atomic E-state index is 0.168. The first-order chi connectivity index (χ1) is 14.4. The fraction of sp³-hybridized carbons (Fsp3) is 0.0455. The molecule has 3 aromatic rings. The van der Waals surface area contributed by atoms with E-state index in [2.05, 4.69) is 15.9 Å². The number of nitrogens with zero attached hydrogens (tertiary/aromatic N) is 2. The number of benzene rings is 2. The predicted molar refractivity (Wildman–Crippen MR) is 118 cm³/mol. The first-order valence-electron chi connectivity index (χ1n) is 8.93. The van der Waals surface area contributed by atoms with Crippen molar-refractivity contribution >= 4 is 50.9 Å². The lowest BCUT2D eigenvalue weighted by Gasteiger charge is -2.12. The third-order valence-corrected chi connectivity index (χ3v) is 5.99. The molecule has 0 aliphatic carbocycles. The van der Waals surface area contributed by atoms with E-state index in [9.17, 15) is 19.5 Å². The van der Waals surface area contributed by atoms with Crippen molar-refractivity contribution in [2.75, 3.05) is 0 Å². The van der Waals surface area contributed by atoms with Crippen LogP contribution < -0.4 is 0 Å². The fourth-order valence-electron chi connectivity index (χ4n) is 3.08. The Morgan fingerprint density at radius 1 is 1.07 bits per heavy atom. The topological polar surface area (TPSA) is 79.6 Å². The number of carboxylic acid groups (broad SMARTS) is 1. The molecule has 0 radical (unpaired) electrons. The van der Waals surface area contributed by atoms with Gasteiger partial charge in [0.25, 0.3) is 11.1 Å². The number of aromatic nitrogens is 1. The number of thioether (sulfide) groups is 1. The molecule has 0 atom stereocenters. The highest BCUT2D eigenvalue weighted by molar-refractivity contribution is 9.10. The van der Waals surface area contributed by atoms with Gasteiger partial charge in [0.1, 0.15) is 0 Å². The largest absolute Gasteiger partial charge is 0.478 e. The second-order valence-corrected chi connectivity index (χ2v) is 8.46. The predicted octanol–water partition coefficient (Wildman–Crippen LogP) is 5.17. The monoisotopic (exact) mass is 482 g/mol. The number of carboxylic acids is 1. The van der Waals surface area contributed by atoms with Crippen LogP contribution in [0.25, 0.3) is 11.8 Å². The highest BCUT2D eigenvalue weighted by Gasteiger charge is 2.35. The summed E-state index contributed by atoms with van der Waals surface area (Å²) in [5.41, 5.74) is 2.35. The lowest BCUT2D eigenvalue weighted by molar-refractivity contribution is -0.123. The van der Waals surface area contributed by atoms with Gasteiger partial charge in [0.05, 0.1) is 17.0 Å². The number of rotatable bonds is 5. The second kappa shape index (κ2) is 8.33. The lowest BCUT2D eigenvalue weighted by atomic mass is 10.2. The Labute approximate surface area is 184 Å². The van der Waals surface area contributed by atoms with Crippen molar-refractivity contribution in [3.8, 4) is 5.69 Å². The van der Waals surface area contributed by atoms with Gasteiger partial charge in [0.15, 0.2) is 0 Å². The average Bonchev–Trinajstić information content (AvgIpc) is 3.30. The molecular formula is C22H15BrN2O4S. The van der Waals surface area contributed by atoms with Crippen molar-refractivity contribution in [1.29, 1.82) is 0 Å². The van der Waals surface area contributed by atoms with Gasteiger partial charge >= 0.3 is 5.97 Å². The molecule has 0 spiro atoms. The normalized spacial score (nSPS) is 15.2. The first kappa shape index (κ1) is 20.2. The average molecular weight is 483 g/mol. The summed E-state index contributed by atoms with van der Waals surface area (Å²) in [6, 6.07) is 17.6. The minimum Gasteiger partial charge on any atom is -0.478 e. The maximum absolute atomic E-state index is 12.8. The van der Waals surface area contributed by atoms with Crippen molar-refractivity contribution in [1.82, 2.24) is 9.47 Å². The van der Waals surface area contributed by atoms with Crippen LogP contribution in [0.4, 0.5) is 4.79 Å². The zero-order chi connectivity index (χ0) is 21.3. The van der Waals surface area contributed by atoms with E-state index in [-0.39, 0.29) is 23.3 Å². The van der Waals surface area contributed by atoms with Crippen LogP contribution in [-0.4, -0.2) is 31.7 Å². The number of carbonyl (C=O) groups excluding carboxylic acids is 2. The van der Waals surface area contributed by atoms with Gasteiger partial charge in [-0.15, -0.1) is 0 Å². The third kappa shape index (κ3) is 4.10. The fourth-order valence-corrected chi connectivity index (χ4v) is 4.17. The molecule has 4 rings (SSSR count). The molecule has 150 valence electrons. The maximum atomic E-state index is 12.8. The van der Waals surface area contributed by atoms with Gasteiger partial charge in [-0.25, -0.2) is 4.79 Å². The minimum atomic E-state index is -1.01. The summed E-state index contributed by atoms with van der Waals surface area (Å²) in [4.78, 5) is 38.0. The zero-order valence-electron chi connectivity index (χ0n) is 15.5. The number of hydrogen-bond donors (Lipinski definition) is 1. The summed E-state index contributed by atoms with van der Waals surface area (Å²) < 4.78 is 2.70. The molecular weight excluding hydrogens is 468 g/mol. The molecule has 2 aromatic carbocycles. The van der Waals surface area contributed by atoms with E-state index >= 15 is 0 Å². The summed E-state index contributed by atoms with van der Waals surface area (Å²) in [6.45, 7) is 0.205. The molecule has 1 aromatic heterocycles. The molecule has 1 aliphatic rings. The Morgan fingerprint density at radius 3 is 2.57 bits per heavy atom. The number of hydrogen-bond acceptors (Lipinski definition) is 4. The van der Waals surface area contributed by atoms with Gasteiger partial charge in [-0.1, -0.05) is 34.1 Å². The quantitative estimate of drug-likeness (QED) is 0.507. The smallest absolute Gasteiger partial charge is 0.335 e. The Morgan fingerprint density at radius 2 is 1.83 bits per heavy atom. The third-order valence-electron chi connectivity index (χ3n) is 4.56. The van der Waals surface area contributed by atoms with Crippen LogP contribution in [0.1, 0.15) is 21.6 Å². The van der Waals surface area contributed by atoms with Crippen LogP contribution in [0, 0.1) is 0 Å². The Kier molecular flexibility index (Phi) is 5.61. The molecule has 1 fully saturated rings. The molecule has 2 amide bonds. The lowest BCUT2D eigenvalue weighted by Crippen LogP contribution is -2.27. The zero-order valence-corrected chi connectivity index (χ0v) is 17.9.